The van der Waals surface area contributed by atoms with Gasteiger partial charge < -0.3 is 11.1 Å². The minimum absolute atomic E-state index is 0.608. The molecule has 1 saturated carbocycles. The van der Waals surface area contributed by atoms with Gasteiger partial charge in [0.15, 0.2) is 0 Å². The SMILES string of the molecule is CCC1CCCCC1Nc1ccc(I)cc1N. The highest BCUT2D eigenvalue weighted by atomic mass is 127. The third-order valence-corrected chi connectivity index (χ3v) is 4.46. The molecule has 2 unspecified atom stereocenters. The summed E-state index contributed by atoms with van der Waals surface area (Å²) < 4.78 is 1.20. The van der Waals surface area contributed by atoms with Crippen LogP contribution in [-0.4, -0.2) is 6.04 Å². The second-order valence-electron chi connectivity index (χ2n) is 4.94. The molecule has 2 nitrogen and oxygen atoms in total. The normalized spacial score (nSPS) is 24.6. The summed E-state index contributed by atoms with van der Waals surface area (Å²) in [5, 5.41) is 3.65. The van der Waals surface area contributed by atoms with E-state index in [-0.39, 0.29) is 0 Å². The molecule has 0 spiro atoms. The lowest BCUT2D eigenvalue weighted by Crippen LogP contribution is -2.32. The lowest BCUT2D eigenvalue weighted by atomic mass is 9.83. The summed E-state index contributed by atoms with van der Waals surface area (Å²) in [6, 6.07) is 6.87. The van der Waals surface area contributed by atoms with Crippen LogP contribution in [0.4, 0.5) is 11.4 Å². The number of nitrogens with two attached hydrogens (primary N) is 1. The van der Waals surface area contributed by atoms with Gasteiger partial charge in [0, 0.05) is 9.61 Å². The molecule has 1 fully saturated rings. The van der Waals surface area contributed by atoms with Gasteiger partial charge in [-0.05, 0) is 59.5 Å². The number of anilines is 2. The van der Waals surface area contributed by atoms with Crippen molar-refractivity contribution < 1.29 is 0 Å². The van der Waals surface area contributed by atoms with E-state index in [1.165, 1.54) is 35.7 Å². The zero-order valence-electron chi connectivity index (χ0n) is 10.4. The number of nitrogens with one attached hydrogen (secondary N) is 1. The first kappa shape index (κ1) is 13.0. The number of hydrogen-bond acceptors (Lipinski definition) is 2. The van der Waals surface area contributed by atoms with Crippen LogP contribution >= 0.6 is 22.6 Å². The summed E-state index contributed by atoms with van der Waals surface area (Å²) >= 11 is 2.30. The van der Waals surface area contributed by atoms with E-state index in [1.807, 2.05) is 6.07 Å². The Balaban J connectivity index is 2.08. The van der Waals surface area contributed by atoms with Crippen molar-refractivity contribution in [1.29, 1.82) is 0 Å². The summed E-state index contributed by atoms with van der Waals surface area (Å²) in [5.41, 5.74) is 8.04. The maximum atomic E-state index is 6.06. The van der Waals surface area contributed by atoms with Crippen LogP contribution in [-0.2, 0) is 0 Å². The van der Waals surface area contributed by atoms with Gasteiger partial charge in [-0.15, -0.1) is 0 Å². The van der Waals surface area contributed by atoms with E-state index in [0.29, 0.717) is 6.04 Å². The summed E-state index contributed by atoms with van der Waals surface area (Å²) in [4.78, 5) is 0. The first-order valence-electron chi connectivity index (χ1n) is 6.52. The molecule has 2 rings (SSSR count). The number of nitrogen functional groups attached to an aromatic ring is 1. The smallest absolute Gasteiger partial charge is 0.0576 e. The highest BCUT2D eigenvalue weighted by Gasteiger charge is 2.23. The molecule has 17 heavy (non-hydrogen) atoms. The summed E-state index contributed by atoms with van der Waals surface area (Å²) in [7, 11) is 0. The molecule has 0 bridgehead atoms. The molecule has 0 aliphatic heterocycles. The molecule has 2 atom stereocenters. The van der Waals surface area contributed by atoms with Crippen molar-refractivity contribution in [2.45, 2.75) is 45.1 Å². The van der Waals surface area contributed by atoms with Crippen molar-refractivity contribution in [3.63, 3.8) is 0 Å². The zero-order valence-corrected chi connectivity index (χ0v) is 12.5. The predicted molar refractivity (Wildman–Crippen MR) is 83.2 cm³/mol. The molecule has 3 heteroatoms. The van der Waals surface area contributed by atoms with E-state index in [2.05, 4.69) is 47.0 Å². The second kappa shape index (κ2) is 5.94. The van der Waals surface area contributed by atoms with Gasteiger partial charge in [-0.2, -0.15) is 0 Å². The van der Waals surface area contributed by atoms with Crippen LogP contribution in [0.1, 0.15) is 39.0 Å². The molecule has 0 aromatic heterocycles. The zero-order chi connectivity index (χ0) is 12.3. The fourth-order valence-electron chi connectivity index (χ4n) is 2.75. The molecule has 1 aliphatic rings. The van der Waals surface area contributed by atoms with Gasteiger partial charge in [-0.25, -0.2) is 0 Å². The van der Waals surface area contributed by atoms with E-state index in [1.54, 1.807) is 0 Å². The maximum absolute atomic E-state index is 6.06. The first-order valence-corrected chi connectivity index (χ1v) is 7.60. The molecule has 0 heterocycles. The van der Waals surface area contributed by atoms with Crippen LogP contribution in [0.5, 0.6) is 0 Å². The number of halogens is 1. The van der Waals surface area contributed by atoms with Crippen LogP contribution < -0.4 is 11.1 Å². The molecule has 0 amide bonds. The van der Waals surface area contributed by atoms with Gasteiger partial charge in [0.2, 0.25) is 0 Å². The Labute approximate surface area is 117 Å². The van der Waals surface area contributed by atoms with E-state index in [9.17, 15) is 0 Å². The molecule has 94 valence electrons. The van der Waals surface area contributed by atoms with Crippen molar-refractivity contribution in [2.24, 2.45) is 5.92 Å². The van der Waals surface area contributed by atoms with E-state index < -0.39 is 0 Å². The topological polar surface area (TPSA) is 38.0 Å². The van der Waals surface area contributed by atoms with Gasteiger partial charge in [-0.1, -0.05) is 26.2 Å². The average Bonchev–Trinajstić information content (AvgIpc) is 2.33. The largest absolute Gasteiger partial charge is 0.397 e. The predicted octanol–water partition coefficient (Wildman–Crippen LogP) is 4.25. The summed E-state index contributed by atoms with van der Waals surface area (Å²) in [5.74, 6) is 0.808. The molecular weight excluding hydrogens is 323 g/mol. The lowest BCUT2D eigenvalue weighted by molar-refractivity contribution is 0.317. The molecule has 1 aliphatic carbocycles. The Morgan fingerprint density at radius 3 is 2.82 bits per heavy atom. The second-order valence-corrected chi connectivity index (χ2v) is 6.18. The van der Waals surface area contributed by atoms with Crippen molar-refractivity contribution in [3.8, 4) is 0 Å². The minimum atomic E-state index is 0.608. The summed E-state index contributed by atoms with van der Waals surface area (Å²) in [6.07, 6.45) is 6.64. The van der Waals surface area contributed by atoms with Crippen LogP contribution in [0.3, 0.4) is 0 Å². The monoisotopic (exact) mass is 344 g/mol. The highest BCUT2D eigenvalue weighted by molar-refractivity contribution is 14.1. The lowest BCUT2D eigenvalue weighted by Gasteiger charge is -2.32. The van der Waals surface area contributed by atoms with E-state index in [0.717, 1.165) is 17.3 Å². The van der Waals surface area contributed by atoms with Crippen molar-refractivity contribution in [3.05, 3.63) is 21.8 Å². The number of benzene rings is 1. The van der Waals surface area contributed by atoms with Crippen molar-refractivity contribution in [2.75, 3.05) is 11.1 Å². The standard InChI is InChI=1S/C14H21IN2/c1-2-10-5-3-4-6-13(10)17-14-8-7-11(15)9-12(14)16/h7-10,13,17H,2-6,16H2,1H3. The van der Waals surface area contributed by atoms with Crippen LogP contribution in [0, 0.1) is 9.49 Å². The Morgan fingerprint density at radius 2 is 2.12 bits per heavy atom. The minimum Gasteiger partial charge on any atom is -0.397 e. The van der Waals surface area contributed by atoms with Crippen molar-refractivity contribution in [1.82, 2.24) is 0 Å². The fourth-order valence-corrected chi connectivity index (χ4v) is 3.27. The third kappa shape index (κ3) is 3.27. The molecular formula is C14H21IN2. The quantitative estimate of drug-likeness (QED) is 0.635. The molecule has 3 N–H and O–H groups in total. The van der Waals surface area contributed by atoms with Crippen molar-refractivity contribution >= 4 is 34.0 Å². The van der Waals surface area contributed by atoms with Crippen LogP contribution in [0.2, 0.25) is 0 Å². The van der Waals surface area contributed by atoms with Gasteiger partial charge in [0.25, 0.3) is 0 Å². The molecule has 0 saturated heterocycles. The van der Waals surface area contributed by atoms with E-state index in [4.69, 9.17) is 5.73 Å². The third-order valence-electron chi connectivity index (χ3n) is 3.79. The Morgan fingerprint density at radius 1 is 1.35 bits per heavy atom. The average molecular weight is 344 g/mol. The van der Waals surface area contributed by atoms with Crippen LogP contribution in [0.15, 0.2) is 18.2 Å². The maximum Gasteiger partial charge on any atom is 0.0576 e. The van der Waals surface area contributed by atoms with Gasteiger partial charge >= 0.3 is 0 Å². The van der Waals surface area contributed by atoms with Gasteiger partial charge in [0.05, 0.1) is 11.4 Å². The summed E-state index contributed by atoms with van der Waals surface area (Å²) in [6.45, 7) is 2.29. The van der Waals surface area contributed by atoms with Crippen LogP contribution in [0.25, 0.3) is 0 Å². The molecule has 1 aromatic rings. The Bertz CT molecular complexity index is 378. The molecule has 0 radical (unpaired) electrons. The Hall–Kier alpha value is -0.450. The van der Waals surface area contributed by atoms with E-state index >= 15 is 0 Å². The number of rotatable bonds is 3. The van der Waals surface area contributed by atoms with Gasteiger partial charge in [0.1, 0.15) is 0 Å². The van der Waals surface area contributed by atoms with Gasteiger partial charge in [-0.3, -0.25) is 0 Å². The first-order chi connectivity index (χ1) is 8.20. The number of hydrogen-bond donors (Lipinski definition) is 2. The molecule has 1 aromatic carbocycles. The fraction of sp³-hybridized carbons (Fsp3) is 0.571. The highest BCUT2D eigenvalue weighted by Crippen LogP contribution is 2.31. The Kier molecular flexibility index (Phi) is 4.54.